The van der Waals surface area contributed by atoms with Crippen molar-refractivity contribution >= 4 is 58.1 Å². The minimum absolute atomic E-state index is 0.0408. The van der Waals surface area contributed by atoms with Crippen molar-refractivity contribution in [2.24, 2.45) is 5.73 Å². The van der Waals surface area contributed by atoms with Crippen LogP contribution in [0.4, 0.5) is 5.69 Å². The molecule has 2 rings (SSSR count). The van der Waals surface area contributed by atoms with Crippen LogP contribution in [0.1, 0.15) is 24.2 Å². The second-order valence-electron chi connectivity index (χ2n) is 4.97. The Balaban J connectivity index is 1.95. The summed E-state index contributed by atoms with van der Waals surface area (Å²) < 4.78 is 1.29. The molecule has 0 radical (unpaired) electrons. The number of nitrogens with zero attached hydrogens (tertiary/aromatic N) is 2. The van der Waals surface area contributed by atoms with Gasteiger partial charge < -0.3 is 11.1 Å². The second-order valence-corrected chi connectivity index (χ2v) is 8.76. The smallest absolute Gasteiger partial charge is 0.227 e. The van der Waals surface area contributed by atoms with Gasteiger partial charge in [0.15, 0.2) is 14.5 Å². The lowest BCUT2D eigenvalue weighted by Crippen LogP contribution is -2.13. The number of anilines is 1. The summed E-state index contributed by atoms with van der Waals surface area (Å²) in [6.45, 7) is 3.22. The minimum Gasteiger partial charge on any atom is -0.369 e. The summed E-state index contributed by atoms with van der Waals surface area (Å²) in [7, 11) is 0. The number of carbonyl (C=O) groups excluding carboxylic acids is 3. The zero-order chi connectivity index (χ0) is 18.4. The summed E-state index contributed by atoms with van der Waals surface area (Å²) in [5, 5.41) is 10.3. The molecule has 7 nitrogen and oxygen atoms in total. The van der Waals surface area contributed by atoms with Crippen molar-refractivity contribution in [3.63, 3.8) is 0 Å². The van der Waals surface area contributed by atoms with Crippen molar-refractivity contribution in [1.29, 1.82) is 0 Å². The van der Waals surface area contributed by atoms with E-state index in [9.17, 15) is 14.4 Å². The zero-order valence-electron chi connectivity index (χ0n) is 13.5. The highest BCUT2D eigenvalue weighted by atomic mass is 32.2. The first kappa shape index (κ1) is 19.4. The van der Waals surface area contributed by atoms with Crippen LogP contribution in [0.15, 0.2) is 32.9 Å². The molecule has 0 saturated heterocycles. The maximum Gasteiger partial charge on any atom is 0.227 e. The molecular formula is C15H16N4O3S3. The van der Waals surface area contributed by atoms with Crippen molar-refractivity contribution in [2.75, 3.05) is 11.1 Å². The average molecular weight is 397 g/mol. The van der Waals surface area contributed by atoms with Gasteiger partial charge in [-0.15, -0.1) is 10.2 Å². The number of Topliss-reactive ketones (excluding diaryl/α,β-unsaturated/α-hetero) is 1. The number of primary amides is 1. The minimum atomic E-state index is -0.416. The highest BCUT2D eigenvalue weighted by molar-refractivity contribution is 8.04. The van der Waals surface area contributed by atoms with Gasteiger partial charge in [-0.3, -0.25) is 14.4 Å². The van der Waals surface area contributed by atoms with E-state index in [2.05, 4.69) is 15.5 Å². The third-order valence-electron chi connectivity index (χ3n) is 2.86. The van der Waals surface area contributed by atoms with Gasteiger partial charge in [-0.05, 0) is 31.2 Å². The predicted octanol–water partition coefficient (Wildman–Crippen LogP) is 2.44. The fourth-order valence-corrected chi connectivity index (χ4v) is 4.78. The van der Waals surface area contributed by atoms with Crippen LogP contribution >= 0.6 is 34.9 Å². The van der Waals surface area contributed by atoms with Gasteiger partial charge in [-0.25, -0.2) is 0 Å². The number of nitrogens with one attached hydrogen (secondary N) is 1. The molecule has 2 amide bonds. The van der Waals surface area contributed by atoms with Crippen molar-refractivity contribution < 1.29 is 14.4 Å². The van der Waals surface area contributed by atoms with Gasteiger partial charge in [-0.1, -0.05) is 34.9 Å². The molecule has 0 aliphatic carbocycles. The Morgan fingerprint density at radius 3 is 2.44 bits per heavy atom. The molecule has 1 atom stereocenters. The van der Waals surface area contributed by atoms with Crippen molar-refractivity contribution in [1.82, 2.24) is 10.2 Å². The van der Waals surface area contributed by atoms with Crippen molar-refractivity contribution in [3.05, 3.63) is 29.8 Å². The van der Waals surface area contributed by atoms with Gasteiger partial charge in [0, 0.05) is 18.2 Å². The maximum absolute atomic E-state index is 12.5. The summed E-state index contributed by atoms with van der Waals surface area (Å²) in [6, 6.07) is 6.74. The molecule has 0 spiro atoms. The molecule has 25 heavy (non-hydrogen) atoms. The molecule has 0 bridgehead atoms. The Hall–Kier alpha value is -1.91. The van der Waals surface area contributed by atoms with Gasteiger partial charge in [0.1, 0.15) is 0 Å². The lowest BCUT2D eigenvalue weighted by Gasteiger charge is -2.09. The van der Waals surface area contributed by atoms with Crippen LogP contribution in [0.2, 0.25) is 0 Å². The highest BCUT2D eigenvalue weighted by Crippen LogP contribution is 2.32. The highest BCUT2D eigenvalue weighted by Gasteiger charge is 2.19. The molecule has 1 unspecified atom stereocenters. The van der Waals surface area contributed by atoms with E-state index >= 15 is 0 Å². The first-order valence-electron chi connectivity index (χ1n) is 7.18. The van der Waals surface area contributed by atoms with Crippen molar-refractivity contribution in [3.8, 4) is 0 Å². The van der Waals surface area contributed by atoms with Crippen LogP contribution in [0, 0.1) is 0 Å². The number of aromatic nitrogens is 2. The number of thioether (sulfide) groups is 2. The first-order valence-corrected chi connectivity index (χ1v) is 9.86. The fourth-order valence-electron chi connectivity index (χ4n) is 1.80. The molecule has 1 aromatic carbocycles. The Labute approximate surface area is 157 Å². The zero-order valence-corrected chi connectivity index (χ0v) is 16.0. The second kappa shape index (κ2) is 8.97. The van der Waals surface area contributed by atoms with Crippen LogP contribution in [-0.4, -0.2) is 38.8 Å². The molecule has 10 heteroatoms. The monoisotopic (exact) mass is 396 g/mol. The molecule has 1 heterocycles. The number of amides is 2. The quantitative estimate of drug-likeness (QED) is 0.520. The standard InChI is InChI=1S/C15H16N4O3S3/c1-8(24-15-19-18-14(25-15)23-7-12(16)21)13(22)10-3-5-11(6-4-10)17-9(2)20/h3-6,8H,7H2,1-2H3,(H2,16,21)(H,17,20). The van der Waals surface area contributed by atoms with E-state index in [0.717, 1.165) is 0 Å². The topological polar surface area (TPSA) is 115 Å². The van der Waals surface area contributed by atoms with Crippen LogP contribution < -0.4 is 11.1 Å². The largest absolute Gasteiger partial charge is 0.369 e. The van der Waals surface area contributed by atoms with Crippen LogP contribution in [0.3, 0.4) is 0 Å². The predicted molar refractivity (Wildman–Crippen MR) is 100 cm³/mol. The summed E-state index contributed by atoms with van der Waals surface area (Å²) in [4.78, 5) is 34.3. The number of hydrogen-bond donors (Lipinski definition) is 2. The van der Waals surface area contributed by atoms with Gasteiger partial charge in [0.2, 0.25) is 11.8 Å². The third-order valence-corrected chi connectivity index (χ3v) is 6.13. The van der Waals surface area contributed by atoms with Gasteiger partial charge >= 0.3 is 0 Å². The van der Waals surface area contributed by atoms with Gasteiger partial charge in [0.05, 0.1) is 11.0 Å². The summed E-state index contributed by atoms with van der Waals surface area (Å²) in [5.74, 6) is -0.472. The maximum atomic E-state index is 12.5. The number of carbonyl (C=O) groups is 3. The molecule has 132 valence electrons. The summed E-state index contributed by atoms with van der Waals surface area (Å²) >= 11 is 3.86. The van der Waals surface area contributed by atoms with Crippen molar-refractivity contribution in [2.45, 2.75) is 27.8 Å². The molecular weight excluding hydrogens is 380 g/mol. The number of benzene rings is 1. The lowest BCUT2D eigenvalue weighted by atomic mass is 10.1. The molecule has 1 aromatic heterocycles. The Morgan fingerprint density at radius 2 is 1.84 bits per heavy atom. The Morgan fingerprint density at radius 1 is 1.20 bits per heavy atom. The van der Waals surface area contributed by atoms with E-state index in [1.165, 1.54) is 41.8 Å². The van der Waals surface area contributed by atoms with Crippen LogP contribution in [0.5, 0.6) is 0 Å². The molecule has 0 aliphatic heterocycles. The summed E-state index contributed by atoms with van der Waals surface area (Å²) in [5.41, 5.74) is 6.29. The summed E-state index contributed by atoms with van der Waals surface area (Å²) in [6.07, 6.45) is 0. The van der Waals surface area contributed by atoms with E-state index in [4.69, 9.17) is 5.73 Å². The molecule has 0 fully saturated rings. The van der Waals surface area contributed by atoms with E-state index in [1.54, 1.807) is 31.2 Å². The van der Waals surface area contributed by atoms with Gasteiger partial charge in [-0.2, -0.15) is 0 Å². The number of rotatable bonds is 8. The first-order chi connectivity index (χ1) is 11.8. The SMILES string of the molecule is CC(=O)Nc1ccc(C(=O)C(C)Sc2nnc(SCC(N)=O)s2)cc1. The average Bonchev–Trinajstić information content (AvgIpc) is 3.00. The Bertz CT molecular complexity index is 777. The fraction of sp³-hybridized carbons (Fsp3) is 0.267. The van der Waals surface area contributed by atoms with E-state index in [0.29, 0.717) is 19.9 Å². The number of hydrogen-bond acceptors (Lipinski definition) is 8. The normalized spacial score (nSPS) is 11.8. The van der Waals surface area contributed by atoms with Crippen LogP contribution in [-0.2, 0) is 9.59 Å². The molecule has 0 saturated carbocycles. The molecule has 0 aliphatic rings. The lowest BCUT2D eigenvalue weighted by molar-refractivity contribution is -0.116. The van der Waals surface area contributed by atoms with E-state index in [1.807, 2.05) is 0 Å². The third kappa shape index (κ3) is 6.15. The number of ketones is 1. The Kier molecular flexibility index (Phi) is 6.97. The molecule has 3 N–H and O–H groups in total. The van der Waals surface area contributed by atoms with E-state index < -0.39 is 5.91 Å². The van der Waals surface area contributed by atoms with E-state index in [-0.39, 0.29) is 22.7 Å². The van der Waals surface area contributed by atoms with Crippen LogP contribution in [0.25, 0.3) is 0 Å². The molecule has 2 aromatic rings. The van der Waals surface area contributed by atoms with Gasteiger partial charge in [0.25, 0.3) is 0 Å². The number of nitrogens with two attached hydrogens (primary N) is 1.